The van der Waals surface area contributed by atoms with E-state index in [1.807, 2.05) is 0 Å². The summed E-state index contributed by atoms with van der Waals surface area (Å²) in [6.45, 7) is 1.82. The maximum Gasteiger partial charge on any atom is 0.214 e. The second-order valence-electron chi connectivity index (χ2n) is 2.84. The van der Waals surface area contributed by atoms with Gasteiger partial charge in [-0.3, -0.25) is 4.79 Å². The van der Waals surface area contributed by atoms with Crippen LogP contribution in [0.2, 0.25) is 0 Å². The minimum atomic E-state index is 0.0791. The molecule has 1 aromatic rings. The number of hydrogen-bond acceptors (Lipinski definition) is 5. The monoisotopic (exact) mass is 211 g/mol. The molecule has 15 heavy (non-hydrogen) atoms. The number of nitrogens with zero attached hydrogens (tertiary/aromatic N) is 1. The summed E-state index contributed by atoms with van der Waals surface area (Å²) in [6.07, 6.45) is 0.697. The Morgan fingerprint density at radius 1 is 1.47 bits per heavy atom. The Balaban J connectivity index is 3.07. The highest BCUT2D eigenvalue weighted by molar-refractivity contribution is 5.80. The lowest BCUT2D eigenvalue weighted by atomic mass is 10.2. The number of ether oxygens (including phenoxy) is 3. The molecule has 0 amide bonds. The zero-order valence-corrected chi connectivity index (χ0v) is 8.94. The van der Waals surface area contributed by atoms with E-state index in [0.717, 1.165) is 0 Å². The van der Waals surface area contributed by atoms with Gasteiger partial charge in [-0.25, -0.2) is 4.98 Å². The van der Waals surface area contributed by atoms with E-state index in [9.17, 15) is 4.79 Å². The van der Waals surface area contributed by atoms with Crippen molar-refractivity contribution >= 4 is 6.29 Å². The molecule has 0 radical (unpaired) electrons. The first kappa shape index (κ1) is 11.5. The first-order valence-electron chi connectivity index (χ1n) is 4.35. The zero-order chi connectivity index (χ0) is 11.3. The predicted octanol–water partition coefficient (Wildman–Crippen LogP) is 1.19. The van der Waals surface area contributed by atoms with Crippen LogP contribution in [0.5, 0.6) is 11.6 Å². The van der Waals surface area contributed by atoms with E-state index < -0.39 is 0 Å². The molecule has 5 heteroatoms. The summed E-state index contributed by atoms with van der Waals surface area (Å²) in [5.41, 5.74) is 0.991. The molecule has 0 aliphatic heterocycles. The van der Waals surface area contributed by atoms with Crippen molar-refractivity contribution in [2.75, 3.05) is 21.0 Å². The van der Waals surface area contributed by atoms with Gasteiger partial charge in [-0.2, -0.15) is 0 Å². The fourth-order valence-electron chi connectivity index (χ4n) is 1.15. The van der Waals surface area contributed by atoms with Crippen molar-refractivity contribution in [2.45, 2.75) is 6.92 Å². The summed E-state index contributed by atoms with van der Waals surface area (Å²) in [6, 6.07) is 1.52. The van der Waals surface area contributed by atoms with E-state index in [4.69, 9.17) is 14.2 Å². The molecule has 0 fully saturated rings. The first-order valence-corrected chi connectivity index (χ1v) is 4.35. The third-order valence-corrected chi connectivity index (χ3v) is 1.80. The van der Waals surface area contributed by atoms with Gasteiger partial charge in [0.1, 0.15) is 0 Å². The van der Waals surface area contributed by atoms with Gasteiger partial charge in [-0.1, -0.05) is 0 Å². The average molecular weight is 211 g/mol. The Morgan fingerprint density at radius 3 is 2.73 bits per heavy atom. The Kier molecular flexibility index (Phi) is 4.05. The highest BCUT2D eigenvalue weighted by Gasteiger charge is 2.10. The number of rotatable bonds is 5. The van der Waals surface area contributed by atoms with Crippen LogP contribution >= 0.6 is 0 Å². The van der Waals surface area contributed by atoms with Gasteiger partial charge >= 0.3 is 0 Å². The number of methoxy groups -OCH3 is 2. The molecule has 0 bridgehead atoms. The van der Waals surface area contributed by atoms with Crippen LogP contribution < -0.4 is 9.47 Å². The average Bonchev–Trinajstić information content (AvgIpc) is 2.26. The van der Waals surface area contributed by atoms with Crippen molar-refractivity contribution < 1.29 is 19.0 Å². The molecular weight excluding hydrogens is 198 g/mol. The smallest absolute Gasteiger partial charge is 0.214 e. The third-order valence-electron chi connectivity index (χ3n) is 1.80. The number of aromatic nitrogens is 1. The summed E-state index contributed by atoms with van der Waals surface area (Å²) < 4.78 is 14.9. The van der Waals surface area contributed by atoms with Gasteiger partial charge in [0.05, 0.1) is 18.4 Å². The lowest BCUT2D eigenvalue weighted by molar-refractivity contribution is 0.0496. The normalized spacial score (nSPS) is 9.80. The van der Waals surface area contributed by atoms with Crippen LogP contribution in [0.15, 0.2) is 6.07 Å². The first-order chi connectivity index (χ1) is 7.22. The molecule has 0 atom stereocenters. The summed E-state index contributed by atoms with van der Waals surface area (Å²) in [4.78, 5) is 14.9. The highest BCUT2D eigenvalue weighted by atomic mass is 16.7. The van der Waals surface area contributed by atoms with Gasteiger partial charge in [-0.15, -0.1) is 0 Å². The Bertz CT molecular complexity index is 352. The molecule has 0 aromatic carbocycles. The van der Waals surface area contributed by atoms with Crippen molar-refractivity contribution in [3.8, 4) is 11.6 Å². The van der Waals surface area contributed by atoms with Crippen molar-refractivity contribution in [1.29, 1.82) is 0 Å². The summed E-state index contributed by atoms with van der Waals surface area (Å²) >= 11 is 0. The number of carbonyl (C=O) groups excluding carboxylic acids is 1. The Labute approximate surface area is 88.0 Å². The van der Waals surface area contributed by atoms with E-state index in [1.54, 1.807) is 6.92 Å². The summed E-state index contributed by atoms with van der Waals surface area (Å²) in [5.74, 6) is 0.812. The maximum atomic E-state index is 10.8. The van der Waals surface area contributed by atoms with E-state index in [-0.39, 0.29) is 6.79 Å². The fraction of sp³-hybridized carbons (Fsp3) is 0.400. The largest absolute Gasteiger partial charge is 0.481 e. The molecule has 5 nitrogen and oxygen atoms in total. The van der Waals surface area contributed by atoms with Gasteiger partial charge in [0.15, 0.2) is 18.8 Å². The minimum absolute atomic E-state index is 0.0791. The lowest BCUT2D eigenvalue weighted by Gasteiger charge is -2.10. The molecule has 1 heterocycles. The van der Waals surface area contributed by atoms with Crippen molar-refractivity contribution in [2.24, 2.45) is 0 Å². The molecule has 1 rings (SSSR count). The third kappa shape index (κ3) is 2.66. The molecule has 0 spiro atoms. The van der Waals surface area contributed by atoms with Crippen LogP contribution in [0, 0.1) is 6.92 Å². The number of aryl methyl sites for hydroxylation is 1. The van der Waals surface area contributed by atoms with Crippen molar-refractivity contribution in [3.05, 3.63) is 17.3 Å². The minimum Gasteiger partial charge on any atom is -0.481 e. The van der Waals surface area contributed by atoms with Crippen LogP contribution in [0.3, 0.4) is 0 Å². The zero-order valence-electron chi connectivity index (χ0n) is 8.94. The summed E-state index contributed by atoms with van der Waals surface area (Å²) in [7, 11) is 3.00. The number of hydrogen-bond donors (Lipinski definition) is 0. The van der Waals surface area contributed by atoms with Crippen LogP contribution in [-0.2, 0) is 4.74 Å². The van der Waals surface area contributed by atoms with E-state index in [0.29, 0.717) is 29.2 Å². The van der Waals surface area contributed by atoms with Crippen molar-refractivity contribution in [3.63, 3.8) is 0 Å². The lowest BCUT2D eigenvalue weighted by Crippen LogP contribution is -2.05. The van der Waals surface area contributed by atoms with Gasteiger partial charge < -0.3 is 14.2 Å². The Morgan fingerprint density at radius 2 is 2.20 bits per heavy atom. The topological polar surface area (TPSA) is 57.7 Å². The standard InChI is InChI=1S/C10H13NO4/c1-7-10(15-6-13-2)8(5-12)4-9(11-7)14-3/h4-5H,6H2,1-3H3. The van der Waals surface area contributed by atoms with Crippen LogP contribution in [-0.4, -0.2) is 32.3 Å². The van der Waals surface area contributed by atoms with E-state index in [2.05, 4.69) is 4.98 Å². The highest BCUT2D eigenvalue weighted by Crippen LogP contribution is 2.24. The number of carbonyl (C=O) groups is 1. The van der Waals surface area contributed by atoms with Gasteiger partial charge in [0, 0.05) is 13.2 Å². The molecule has 1 aromatic heterocycles. The predicted molar refractivity (Wildman–Crippen MR) is 53.4 cm³/mol. The van der Waals surface area contributed by atoms with Crippen LogP contribution in [0.25, 0.3) is 0 Å². The molecule has 0 unspecified atom stereocenters. The quantitative estimate of drug-likeness (QED) is 0.541. The number of pyridine rings is 1. The van der Waals surface area contributed by atoms with Crippen molar-refractivity contribution in [1.82, 2.24) is 4.98 Å². The Hall–Kier alpha value is -1.62. The fourth-order valence-corrected chi connectivity index (χ4v) is 1.15. The van der Waals surface area contributed by atoms with E-state index >= 15 is 0 Å². The molecular formula is C10H13NO4. The molecule has 0 aliphatic rings. The molecule has 82 valence electrons. The second-order valence-corrected chi connectivity index (χ2v) is 2.84. The molecule has 0 saturated heterocycles. The van der Waals surface area contributed by atoms with Crippen LogP contribution in [0.1, 0.15) is 16.1 Å². The molecule has 0 N–H and O–H groups in total. The van der Waals surface area contributed by atoms with Gasteiger partial charge in [0.2, 0.25) is 5.88 Å². The molecule has 0 aliphatic carbocycles. The van der Waals surface area contributed by atoms with Gasteiger partial charge in [-0.05, 0) is 6.92 Å². The number of aldehydes is 1. The van der Waals surface area contributed by atoms with Gasteiger partial charge in [0.25, 0.3) is 0 Å². The molecule has 0 saturated carbocycles. The maximum absolute atomic E-state index is 10.8. The van der Waals surface area contributed by atoms with Crippen LogP contribution in [0.4, 0.5) is 0 Å². The van der Waals surface area contributed by atoms with E-state index in [1.165, 1.54) is 20.3 Å². The second kappa shape index (κ2) is 5.31. The summed E-state index contributed by atoms with van der Waals surface area (Å²) in [5, 5.41) is 0. The SMILES string of the molecule is COCOc1c(C=O)cc(OC)nc1C.